The van der Waals surface area contributed by atoms with E-state index in [9.17, 15) is 4.79 Å². The zero-order valence-corrected chi connectivity index (χ0v) is 20.6. The van der Waals surface area contributed by atoms with Crippen molar-refractivity contribution in [3.05, 3.63) is 89.0 Å². The van der Waals surface area contributed by atoms with Crippen molar-refractivity contribution in [3.63, 3.8) is 0 Å². The molecule has 4 nitrogen and oxygen atoms in total. The third kappa shape index (κ3) is 4.36. The molecule has 168 valence electrons. The highest BCUT2D eigenvalue weighted by Gasteiger charge is 2.34. The summed E-state index contributed by atoms with van der Waals surface area (Å²) in [6.45, 7) is 3.88. The monoisotopic (exact) mass is 429 g/mol. The van der Waals surface area contributed by atoms with Gasteiger partial charge < -0.3 is 14.7 Å². The predicted octanol–water partition coefficient (Wildman–Crippen LogP) is 5.44. The molecule has 0 saturated heterocycles. The molecule has 0 bridgehead atoms. The van der Waals surface area contributed by atoms with E-state index in [4.69, 9.17) is 0 Å². The third-order valence-electron chi connectivity index (χ3n) is 6.36. The maximum absolute atomic E-state index is 12.8. The number of carbonyl (C=O) groups excluding carboxylic acids is 1. The van der Waals surface area contributed by atoms with Crippen LogP contribution in [0.1, 0.15) is 40.9 Å². The minimum atomic E-state index is -0.485. The Kier molecular flexibility index (Phi) is 6.63. The second-order valence-electron chi connectivity index (χ2n) is 9.19. The van der Waals surface area contributed by atoms with Crippen molar-refractivity contribution in [1.29, 1.82) is 0 Å². The quantitative estimate of drug-likeness (QED) is 0.369. The summed E-state index contributed by atoms with van der Waals surface area (Å²) in [7, 11) is 12.2. The minimum Gasteiger partial charge on any atom is -0.378 e. The molecule has 0 amide bonds. The lowest BCUT2D eigenvalue weighted by Gasteiger charge is -2.34. The van der Waals surface area contributed by atoms with Crippen molar-refractivity contribution in [1.82, 2.24) is 0 Å². The van der Waals surface area contributed by atoms with Gasteiger partial charge in [-0.05, 0) is 66.9 Å². The Hall–Kier alpha value is -3.27. The molecule has 32 heavy (non-hydrogen) atoms. The smallest absolute Gasteiger partial charge is 0.160 e. The summed E-state index contributed by atoms with van der Waals surface area (Å²) in [5.41, 5.74) is 6.91. The van der Waals surface area contributed by atoms with Gasteiger partial charge in [-0.25, -0.2) is 0 Å². The van der Waals surface area contributed by atoms with Gasteiger partial charge in [0.1, 0.15) is 0 Å². The standard InChI is InChI=1S/C28H35N3O/c1-20(32)26-19-25(31(7)8)17-18-27(26)28(2,21-9-13-23(14-10-21)29(3)4)22-11-15-24(16-12-22)30(5)6/h9-19H,1-8H3. The number of nitrogens with zero attached hydrogens (tertiary/aromatic N) is 3. The summed E-state index contributed by atoms with van der Waals surface area (Å²) in [6.07, 6.45) is 0. The fourth-order valence-electron chi connectivity index (χ4n) is 4.20. The van der Waals surface area contributed by atoms with Gasteiger partial charge in [0.2, 0.25) is 0 Å². The van der Waals surface area contributed by atoms with Crippen LogP contribution in [0.3, 0.4) is 0 Å². The lowest BCUT2D eigenvalue weighted by Crippen LogP contribution is -2.28. The number of rotatable bonds is 7. The van der Waals surface area contributed by atoms with Crippen LogP contribution in [0.15, 0.2) is 66.7 Å². The lowest BCUT2D eigenvalue weighted by atomic mass is 9.69. The number of Topliss-reactive ketones (excluding diaryl/α,β-unsaturated/α-hetero) is 1. The molecular weight excluding hydrogens is 394 g/mol. The molecule has 4 heteroatoms. The molecule has 0 aromatic heterocycles. The van der Waals surface area contributed by atoms with Crippen LogP contribution < -0.4 is 14.7 Å². The van der Waals surface area contributed by atoms with E-state index in [2.05, 4.69) is 77.4 Å². The summed E-state index contributed by atoms with van der Waals surface area (Å²) >= 11 is 0. The van der Waals surface area contributed by atoms with Crippen LogP contribution in [0.5, 0.6) is 0 Å². The van der Waals surface area contributed by atoms with Crippen LogP contribution in [0.25, 0.3) is 0 Å². The molecule has 0 saturated carbocycles. The van der Waals surface area contributed by atoms with Gasteiger partial charge >= 0.3 is 0 Å². The first kappa shape index (κ1) is 23.4. The molecule has 0 spiro atoms. The average molecular weight is 430 g/mol. The third-order valence-corrected chi connectivity index (χ3v) is 6.36. The SMILES string of the molecule is CC(=O)c1cc(N(C)C)ccc1C(C)(c1ccc(N(C)C)cc1)c1ccc(N(C)C)cc1. The topological polar surface area (TPSA) is 26.8 Å². The largest absolute Gasteiger partial charge is 0.378 e. The molecule has 0 heterocycles. The van der Waals surface area contributed by atoms with Crippen LogP contribution in [-0.4, -0.2) is 48.1 Å². The van der Waals surface area contributed by atoms with Crippen LogP contribution in [0.2, 0.25) is 0 Å². The average Bonchev–Trinajstić information content (AvgIpc) is 2.78. The summed E-state index contributed by atoms with van der Waals surface area (Å²) in [5, 5.41) is 0. The van der Waals surface area contributed by atoms with E-state index in [-0.39, 0.29) is 5.78 Å². The number of benzene rings is 3. The summed E-state index contributed by atoms with van der Waals surface area (Å²) in [4.78, 5) is 19.0. The highest BCUT2D eigenvalue weighted by Crippen LogP contribution is 2.42. The second kappa shape index (κ2) is 9.07. The second-order valence-corrected chi connectivity index (χ2v) is 9.19. The van der Waals surface area contributed by atoms with E-state index in [1.165, 1.54) is 0 Å². The van der Waals surface area contributed by atoms with Crippen molar-refractivity contribution < 1.29 is 4.79 Å². The minimum absolute atomic E-state index is 0.0738. The van der Waals surface area contributed by atoms with Gasteiger partial charge in [0.05, 0.1) is 0 Å². The Morgan fingerprint density at radius 3 is 1.34 bits per heavy atom. The predicted molar refractivity (Wildman–Crippen MR) is 138 cm³/mol. The first-order valence-electron chi connectivity index (χ1n) is 10.9. The van der Waals surface area contributed by atoms with E-state index in [0.29, 0.717) is 0 Å². The Morgan fingerprint density at radius 2 is 1.00 bits per heavy atom. The highest BCUT2D eigenvalue weighted by molar-refractivity contribution is 5.97. The van der Waals surface area contributed by atoms with E-state index >= 15 is 0 Å². The normalized spacial score (nSPS) is 11.2. The molecule has 0 aliphatic carbocycles. The van der Waals surface area contributed by atoms with Crippen LogP contribution in [-0.2, 0) is 5.41 Å². The maximum Gasteiger partial charge on any atom is 0.160 e. The van der Waals surface area contributed by atoms with E-state index < -0.39 is 5.41 Å². The van der Waals surface area contributed by atoms with Gasteiger partial charge in [0, 0.05) is 70.3 Å². The molecule has 0 aliphatic heterocycles. The Labute approximate surface area is 193 Å². The van der Waals surface area contributed by atoms with E-state index in [0.717, 1.165) is 39.3 Å². The molecule has 0 aliphatic rings. The molecule has 0 N–H and O–H groups in total. The molecule has 0 radical (unpaired) electrons. The summed E-state index contributed by atoms with van der Waals surface area (Å²) < 4.78 is 0. The van der Waals surface area contributed by atoms with Crippen molar-refractivity contribution in [2.45, 2.75) is 19.3 Å². The van der Waals surface area contributed by atoms with Gasteiger partial charge in [-0.1, -0.05) is 30.3 Å². The van der Waals surface area contributed by atoms with Crippen LogP contribution in [0.4, 0.5) is 17.1 Å². The van der Waals surface area contributed by atoms with Gasteiger partial charge in [-0.15, -0.1) is 0 Å². The van der Waals surface area contributed by atoms with E-state index in [1.807, 2.05) is 53.3 Å². The molecule has 3 aromatic carbocycles. The van der Waals surface area contributed by atoms with Crippen molar-refractivity contribution in [2.75, 3.05) is 57.0 Å². The Bertz CT molecular complexity index is 1030. The number of hydrogen-bond donors (Lipinski definition) is 0. The van der Waals surface area contributed by atoms with Crippen molar-refractivity contribution in [2.24, 2.45) is 0 Å². The fourth-order valence-corrected chi connectivity index (χ4v) is 4.20. The number of carbonyl (C=O) groups is 1. The Morgan fingerprint density at radius 1 is 0.625 bits per heavy atom. The molecule has 0 unspecified atom stereocenters. The van der Waals surface area contributed by atoms with E-state index in [1.54, 1.807) is 6.92 Å². The fraction of sp³-hybridized carbons (Fsp3) is 0.321. The van der Waals surface area contributed by atoms with Crippen molar-refractivity contribution >= 4 is 22.8 Å². The van der Waals surface area contributed by atoms with Crippen molar-refractivity contribution in [3.8, 4) is 0 Å². The lowest BCUT2D eigenvalue weighted by molar-refractivity contribution is 0.101. The zero-order chi connectivity index (χ0) is 23.6. The first-order chi connectivity index (χ1) is 15.1. The van der Waals surface area contributed by atoms with Gasteiger partial charge in [0.15, 0.2) is 5.78 Å². The van der Waals surface area contributed by atoms with Gasteiger partial charge in [0.25, 0.3) is 0 Å². The molecular formula is C28H35N3O. The zero-order valence-electron chi connectivity index (χ0n) is 20.6. The summed E-state index contributed by atoms with van der Waals surface area (Å²) in [6, 6.07) is 23.5. The molecule has 0 fully saturated rings. The van der Waals surface area contributed by atoms with Gasteiger partial charge in [-0.3, -0.25) is 4.79 Å². The number of hydrogen-bond acceptors (Lipinski definition) is 4. The van der Waals surface area contributed by atoms with Crippen LogP contribution >= 0.6 is 0 Å². The number of anilines is 3. The first-order valence-corrected chi connectivity index (χ1v) is 10.9. The van der Waals surface area contributed by atoms with Crippen LogP contribution in [0, 0.1) is 0 Å². The number of ketones is 1. The molecule has 3 aromatic rings. The Balaban J connectivity index is 2.29. The van der Waals surface area contributed by atoms with Gasteiger partial charge in [-0.2, -0.15) is 0 Å². The highest BCUT2D eigenvalue weighted by atomic mass is 16.1. The molecule has 3 rings (SSSR count). The summed E-state index contributed by atoms with van der Waals surface area (Å²) in [5.74, 6) is 0.0738. The molecule has 0 atom stereocenters. The maximum atomic E-state index is 12.8.